The lowest BCUT2D eigenvalue weighted by Gasteiger charge is -2.25. The standard InChI is InChI=1S/C20H19FO6/c1-20(21)16(27-18(23)14-10-6-3-7-11-14)15(26-19(20)24)12-25-17(22)13-8-4-2-5-9-13/h2-11,15-16,19,24H,12H2,1H3/t15-,16-,19?,20-/m1/s1/i1D. The van der Waals surface area contributed by atoms with Crippen molar-refractivity contribution in [3.05, 3.63) is 71.8 Å². The van der Waals surface area contributed by atoms with Crippen molar-refractivity contribution >= 4 is 11.9 Å². The van der Waals surface area contributed by atoms with Crippen molar-refractivity contribution in [2.24, 2.45) is 0 Å². The summed E-state index contributed by atoms with van der Waals surface area (Å²) in [6.45, 7) is -1.35. The highest BCUT2D eigenvalue weighted by Crippen LogP contribution is 2.36. The smallest absolute Gasteiger partial charge is 0.338 e. The predicted octanol–water partition coefficient (Wildman–Crippen LogP) is 2.51. The van der Waals surface area contributed by atoms with Crippen molar-refractivity contribution in [3.8, 4) is 0 Å². The Balaban J connectivity index is 1.73. The molecule has 2 aromatic rings. The first-order valence-electron chi connectivity index (χ1n) is 8.96. The van der Waals surface area contributed by atoms with Crippen molar-refractivity contribution in [1.29, 1.82) is 0 Å². The van der Waals surface area contributed by atoms with Gasteiger partial charge in [0.25, 0.3) is 0 Å². The largest absolute Gasteiger partial charge is 0.459 e. The fourth-order valence-corrected chi connectivity index (χ4v) is 2.67. The van der Waals surface area contributed by atoms with Gasteiger partial charge < -0.3 is 19.3 Å². The Morgan fingerprint density at radius 1 is 1.11 bits per heavy atom. The van der Waals surface area contributed by atoms with E-state index in [1.165, 1.54) is 12.1 Å². The van der Waals surface area contributed by atoms with Crippen LogP contribution in [0.1, 0.15) is 29.0 Å². The number of aliphatic hydroxyl groups is 1. The molecule has 0 aromatic heterocycles. The Labute approximate surface area is 156 Å². The molecule has 1 N–H and O–H groups in total. The van der Waals surface area contributed by atoms with Gasteiger partial charge in [0, 0.05) is 1.37 Å². The van der Waals surface area contributed by atoms with Crippen LogP contribution in [-0.4, -0.2) is 47.8 Å². The Bertz CT molecular complexity index is 818. The Hall–Kier alpha value is -2.77. The SMILES string of the molecule is [2H]C[C@]1(F)C(O)O[C@H](COC(=O)c2ccccc2)[C@H]1OC(=O)c1ccccc1. The molecule has 2 aromatic carbocycles. The minimum atomic E-state index is -2.64. The number of carbonyl (C=O) groups is 2. The van der Waals surface area contributed by atoms with E-state index in [-0.39, 0.29) is 11.1 Å². The van der Waals surface area contributed by atoms with Gasteiger partial charge in [-0.25, -0.2) is 14.0 Å². The molecule has 1 fully saturated rings. The second-order valence-electron chi connectivity index (χ2n) is 6.11. The minimum absolute atomic E-state index is 0.177. The van der Waals surface area contributed by atoms with Gasteiger partial charge in [-0.2, -0.15) is 0 Å². The van der Waals surface area contributed by atoms with Gasteiger partial charge in [-0.1, -0.05) is 36.4 Å². The van der Waals surface area contributed by atoms with Crippen LogP contribution in [-0.2, 0) is 14.2 Å². The van der Waals surface area contributed by atoms with Crippen molar-refractivity contribution in [2.45, 2.75) is 31.1 Å². The molecule has 1 unspecified atom stereocenters. The van der Waals surface area contributed by atoms with Gasteiger partial charge in [-0.15, -0.1) is 0 Å². The van der Waals surface area contributed by atoms with Gasteiger partial charge in [-0.3, -0.25) is 0 Å². The third kappa shape index (κ3) is 4.15. The topological polar surface area (TPSA) is 82.1 Å². The minimum Gasteiger partial charge on any atom is -0.459 e. The van der Waals surface area contributed by atoms with E-state index in [0.29, 0.717) is 0 Å². The molecular weight excluding hydrogens is 355 g/mol. The van der Waals surface area contributed by atoms with Crippen LogP contribution in [0.4, 0.5) is 4.39 Å². The molecule has 142 valence electrons. The molecule has 4 atom stereocenters. The zero-order valence-corrected chi connectivity index (χ0v) is 14.3. The summed E-state index contributed by atoms with van der Waals surface area (Å²) in [5.74, 6) is -1.51. The van der Waals surface area contributed by atoms with Crippen molar-refractivity contribution in [1.82, 2.24) is 0 Å². The van der Waals surface area contributed by atoms with Gasteiger partial charge in [0.15, 0.2) is 18.1 Å². The number of ether oxygens (including phenoxy) is 3. The average Bonchev–Trinajstić information content (AvgIpc) is 2.98. The first-order chi connectivity index (χ1) is 13.5. The summed E-state index contributed by atoms with van der Waals surface area (Å²) in [6.07, 6.45) is -4.86. The maximum Gasteiger partial charge on any atom is 0.338 e. The summed E-state index contributed by atoms with van der Waals surface area (Å²) >= 11 is 0. The van der Waals surface area contributed by atoms with E-state index < -0.39 is 49.6 Å². The summed E-state index contributed by atoms with van der Waals surface area (Å²) in [5.41, 5.74) is -2.18. The molecule has 1 heterocycles. The molecule has 27 heavy (non-hydrogen) atoms. The quantitative estimate of drug-likeness (QED) is 0.809. The van der Waals surface area contributed by atoms with Crippen LogP contribution in [0.2, 0.25) is 0 Å². The van der Waals surface area contributed by atoms with Gasteiger partial charge >= 0.3 is 11.9 Å². The number of rotatable bonds is 5. The van der Waals surface area contributed by atoms with Crippen LogP contribution >= 0.6 is 0 Å². The van der Waals surface area contributed by atoms with Crippen LogP contribution in [0.3, 0.4) is 0 Å². The third-order valence-electron chi connectivity index (χ3n) is 4.16. The highest BCUT2D eigenvalue weighted by Gasteiger charge is 2.57. The van der Waals surface area contributed by atoms with Crippen LogP contribution in [0.5, 0.6) is 0 Å². The number of alkyl halides is 1. The van der Waals surface area contributed by atoms with E-state index in [9.17, 15) is 14.7 Å². The van der Waals surface area contributed by atoms with Crippen molar-refractivity contribution < 1.29 is 34.7 Å². The summed E-state index contributed by atoms with van der Waals surface area (Å²) < 4.78 is 38.0. The molecule has 7 heteroatoms. The lowest BCUT2D eigenvalue weighted by molar-refractivity contribution is -0.144. The summed E-state index contributed by atoms with van der Waals surface area (Å²) in [7, 11) is 0. The Morgan fingerprint density at radius 3 is 2.22 bits per heavy atom. The number of esters is 2. The lowest BCUT2D eigenvalue weighted by Crippen LogP contribution is -2.45. The molecule has 1 aliphatic heterocycles. The zero-order valence-electron chi connectivity index (χ0n) is 15.3. The van der Waals surface area contributed by atoms with E-state index in [0.717, 1.165) is 0 Å². The Morgan fingerprint density at radius 2 is 1.67 bits per heavy atom. The van der Waals surface area contributed by atoms with Gasteiger partial charge in [0.1, 0.15) is 12.7 Å². The highest BCUT2D eigenvalue weighted by molar-refractivity contribution is 5.90. The zero-order chi connectivity index (χ0) is 20.1. The van der Waals surface area contributed by atoms with Gasteiger partial charge in [0.05, 0.1) is 11.1 Å². The molecule has 0 spiro atoms. The second-order valence-corrected chi connectivity index (χ2v) is 6.11. The molecule has 0 amide bonds. The molecule has 0 saturated carbocycles. The van der Waals surface area contributed by atoms with Crippen LogP contribution in [0.15, 0.2) is 60.7 Å². The Kier molecular flexibility index (Phi) is 5.13. The summed E-state index contributed by atoms with van der Waals surface area (Å²) in [6, 6.07) is 16.0. The first-order valence-corrected chi connectivity index (χ1v) is 8.25. The average molecular weight is 375 g/mol. The van der Waals surface area contributed by atoms with Gasteiger partial charge in [0.2, 0.25) is 0 Å². The maximum atomic E-state index is 15.1. The molecule has 6 nitrogen and oxygen atoms in total. The lowest BCUT2D eigenvalue weighted by atomic mass is 9.99. The number of hydrogen-bond acceptors (Lipinski definition) is 6. The number of carbonyl (C=O) groups excluding carboxylic acids is 2. The maximum absolute atomic E-state index is 15.1. The fraction of sp³-hybridized carbons (Fsp3) is 0.300. The number of benzene rings is 2. The normalized spacial score (nSPS) is 27.6. The monoisotopic (exact) mass is 375 g/mol. The second kappa shape index (κ2) is 7.85. The van der Waals surface area contributed by atoms with E-state index in [1.807, 2.05) is 0 Å². The van der Waals surface area contributed by atoms with E-state index in [4.69, 9.17) is 15.6 Å². The van der Waals surface area contributed by atoms with E-state index in [2.05, 4.69) is 0 Å². The van der Waals surface area contributed by atoms with Crippen molar-refractivity contribution in [3.63, 3.8) is 0 Å². The summed E-state index contributed by atoms with van der Waals surface area (Å²) in [5, 5.41) is 9.91. The number of hydrogen-bond donors (Lipinski definition) is 1. The highest BCUT2D eigenvalue weighted by atomic mass is 19.1. The molecule has 3 rings (SSSR count). The van der Waals surface area contributed by atoms with Crippen LogP contribution in [0, 0.1) is 0 Å². The van der Waals surface area contributed by atoms with Crippen molar-refractivity contribution in [2.75, 3.05) is 6.61 Å². The molecule has 1 saturated heterocycles. The molecule has 0 aliphatic carbocycles. The predicted molar refractivity (Wildman–Crippen MR) is 92.8 cm³/mol. The third-order valence-corrected chi connectivity index (χ3v) is 4.16. The summed E-state index contributed by atoms with van der Waals surface area (Å²) in [4.78, 5) is 24.4. The first kappa shape index (κ1) is 17.6. The molecule has 0 bridgehead atoms. The molecular formula is C20H19FO6. The van der Waals surface area contributed by atoms with E-state index >= 15 is 4.39 Å². The molecule has 1 aliphatic rings. The van der Waals surface area contributed by atoms with Crippen LogP contribution in [0.25, 0.3) is 0 Å². The fourth-order valence-electron chi connectivity index (χ4n) is 2.67. The number of halogens is 1. The van der Waals surface area contributed by atoms with E-state index in [1.54, 1.807) is 48.5 Å². The van der Waals surface area contributed by atoms with Gasteiger partial charge in [-0.05, 0) is 31.2 Å². The number of aliphatic hydroxyl groups excluding tert-OH is 1. The molecule has 0 radical (unpaired) electrons. The van der Waals surface area contributed by atoms with Crippen LogP contribution < -0.4 is 0 Å².